The van der Waals surface area contributed by atoms with Crippen LogP contribution in [-0.4, -0.2) is 15.5 Å². The van der Waals surface area contributed by atoms with Crippen molar-refractivity contribution in [3.05, 3.63) is 75.8 Å². The number of furan rings is 1. The lowest BCUT2D eigenvalue weighted by molar-refractivity contribution is -0.122. The van der Waals surface area contributed by atoms with Crippen LogP contribution in [0.2, 0.25) is 5.02 Å². The number of rotatable bonds is 4. The number of aromatic nitrogens is 2. The second kappa shape index (κ2) is 6.89. The molecule has 0 aliphatic rings. The van der Waals surface area contributed by atoms with Crippen LogP contribution in [0.1, 0.15) is 18.5 Å². The summed E-state index contributed by atoms with van der Waals surface area (Å²) in [6, 6.07) is 14.3. The zero-order chi connectivity index (χ0) is 19.0. The fourth-order valence-electron chi connectivity index (χ4n) is 3.00. The molecule has 2 aromatic carbocycles. The average molecular weight is 382 g/mol. The van der Waals surface area contributed by atoms with Gasteiger partial charge in [0.15, 0.2) is 0 Å². The van der Waals surface area contributed by atoms with Crippen LogP contribution in [0.15, 0.2) is 64.1 Å². The van der Waals surface area contributed by atoms with Crippen LogP contribution < -0.4 is 10.9 Å². The largest absolute Gasteiger partial charge is 0.448 e. The van der Waals surface area contributed by atoms with Crippen LogP contribution >= 0.6 is 11.6 Å². The van der Waals surface area contributed by atoms with Gasteiger partial charge in [-0.15, -0.1) is 0 Å². The highest BCUT2D eigenvalue weighted by atomic mass is 35.5. The minimum absolute atomic E-state index is 0.142. The second-order valence-electron chi connectivity index (χ2n) is 6.29. The van der Waals surface area contributed by atoms with Gasteiger partial charge in [-0.05, 0) is 36.8 Å². The summed E-state index contributed by atoms with van der Waals surface area (Å²) in [6.07, 6.45) is 1.37. The molecular formula is C20H16ClN3O3. The van der Waals surface area contributed by atoms with E-state index in [4.69, 9.17) is 16.0 Å². The molecule has 0 aliphatic carbocycles. The van der Waals surface area contributed by atoms with Gasteiger partial charge in [0.2, 0.25) is 11.5 Å². The first kappa shape index (κ1) is 17.3. The molecule has 7 heteroatoms. The van der Waals surface area contributed by atoms with E-state index in [0.717, 1.165) is 10.9 Å². The normalized spacial score (nSPS) is 12.4. The molecule has 0 aliphatic heterocycles. The van der Waals surface area contributed by atoms with E-state index >= 15 is 0 Å². The Morgan fingerprint density at radius 3 is 2.74 bits per heavy atom. The molecule has 2 heterocycles. The number of benzene rings is 2. The molecular weight excluding hydrogens is 366 g/mol. The number of hydrogen-bond acceptors (Lipinski definition) is 4. The molecule has 1 N–H and O–H groups in total. The molecule has 0 radical (unpaired) electrons. The van der Waals surface area contributed by atoms with Crippen molar-refractivity contribution in [3.63, 3.8) is 0 Å². The first-order valence-corrected chi connectivity index (χ1v) is 8.82. The summed E-state index contributed by atoms with van der Waals surface area (Å²) in [4.78, 5) is 29.3. The predicted octanol–water partition coefficient (Wildman–Crippen LogP) is 3.67. The smallest absolute Gasteiger partial charge is 0.297 e. The Bertz CT molecular complexity index is 1190. The van der Waals surface area contributed by atoms with Gasteiger partial charge in [-0.2, -0.15) is 0 Å². The molecule has 136 valence electrons. The number of nitrogens with zero attached hydrogens (tertiary/aromatic N) is 2. The Hall–Kier alpha value is -3.12. The van der Waals surface area contributed by atoms with E-state index in [1.807, 2.05) is 37.3 Å². The maximum atomic E-state index is 12.7. The van der Waals surface area contributed by atoms with E-state index in [0.29, 0.717) is 16.1 Å². The predicted molar refractivity (Wildman–Crippen MR) is 104 cm³/mol. The summed E-state index contributed by atoms with van der Waals surface area (Å²) in [7, 11) is 0. The van der Waals surface area contributed by atoms with Crippen LogP contribution in [-0.2, 0) is 11.3 Å². The Balaban J connectivity index is 1.56. The number of hydrogen-bond donors (Lipinski definition) is 1. The van der Waals surface area contributed by atoms with E-state index in [1.165, 1.54) is 10.9 Å². The zero-order valence-electron chi connectivity index (χ0n) is 14.5. The van der Waals surface area contributed by atoms with Gasteiger partial charge in [0.1, 0.15) is 17.6 Å². The van der Waals surface area contributed by atoms with Crippen molar-refractivity contribution in [1.29, 1.82) is 0 Å². The Kier molecular flexibility index (Phi) is 4.41. The summed E-state index contributed by atoms with van der Waals surface area (Å²) < 4.78 is 6.87. The molecule has 1 atom stereocenters. The average Bonchev–Trinajstić information content (AvgIpc) is 3.04. The van der Waals surface area contributed by atoms with E-state index < -0.39 is 0 Å². The maximum absolute atomic E-state index is 12.7. The Morgan fingerprint density at radius 1 is 1.22 bits per heavy atom. The maximum Gasteiger partial charge on any atom is 0.297 e. The van der Waals surface area contributed by atoms with Gasteiger partial charge in [0, 0.05) is 10.4 Å². The number of carbonyl (C=O) groups is 1. The van der Waals surface area contributed by atoms with Crippen molar-refractivity contribution in [1.82, 2.24) is 14.9 Å². The van der Waals surface area contributed by atoms with Gasteiger partial charge in [0.05, 0.1) is 12.4 Å². The third-order valence-corrected chi connectivity index (χ3v) is 4.66. The summed E-state index contributed by atoms with van der Waals surface area (Å²) in [6.45, 7) is 1.72. The fraction of sp³-hybridized carbons (Fsp3) is 0.150. The quantitative estimate of drug-likeness (QED) is 0.585. The summed E-state index contributed by atoms with van der Waals surface area (Å²) in [5, 5.41) is 4.27. The summed E-state index contributed by atoms with van der Waals surface area (Å²) in [5.41, 5.74) is 1.78. The second-order valence-corrected chi connectivity index (χ2v) is 6.73. The lowest BCUT2D eigenvalue weighted by Gasteiger charge is -2.15. The van der Waals surface area contributed by atoms with Crippen LogP contribution in [0, 0.1) is 0 Å². The molecule has 0 fully saturated rings. The highest BCUT2D eigenvalue weighted by Gasteiger charge is 2.15. The minimum Gasteiger partial charge on any atom is -0.448 e. The van der Waals surface area contributed by atoms with Gasteiger partial charge in [-0.3, -0.25) is 14.2 Å². The third kappa shape index (κ3) is 3.31. The first-order valence-electron chi connectivity index (χ1n) is 8.44. The lowest BCUT2D eigenvalue weighted by atomic mass is 10.1. The molecule has 6 nitrogen and oxygen atoms in total. The molecule has 0 spiro atoms. The Morgan fingerprint density at radius 2 is 1.96 bits per heavy atom. The molecule has 1 amide bonds. The van der Waals surface area contributed by atoms with Gasteiger partial charge >= 0.3 is 0 Å². The fourth-order valence-corrected chi connectivity index (χ4v) is 3.13. The number of halogens is 1. The van der Waals surface area contributed by atoms with E-state index in [9.17, 15) is 9.59 Å². The van der Waals surface area contributed by atoms with Crippen molar-refractivity contribution < 1.29 is 9.21 Å². The number of carbonyl (C=O) groups excluding carboxylic acids is 1. The van der Waals surface area contributed by atoms with Crippen molar-refractivity contribution in [2.45, 2.75) is 19.5 Å². The van der Waals surface area contributed by atoms with Gasteiger partial charge in [0.25, 0.3) is 5.56 Å². The number of amides is 1. The van der Waals surface area contributed by atoms with Gasteiger partial charge in [-0.25, -0.2) is 4.98 Å². The monoisotopic (exact) mass is 381 g/mol. The van der Waals surface area contributed by atoms with Crippen LogP contribution in [0.25, 0.3) is 22.1 Å². The first-order chi connectivity index (χ1) is 13.0. The SMILES string of the molecule is C[C@H](NC(=O)Cn1cnc2c(oc3ccccc32)c1=O)c1ccc(Cl)cc1. The summed E-state index contributed by atoms with van der Waals surface area (Å²) >= 11 is 5.88. The Labute approximate surface area is 159 Å². The van der Waals surface area contributed by atoms with Gasteiger partial charge in [-0.1, -0.05) is 35.9 Å². The van der Waals surface area contributed by atoms with E-state index in [-0.39, 0.29) is 29.6 Å². The van der Waals surface area contributed by atoms with Crippen molar-refractivity contribution >= 4 is 39.6 Å². The molecule has 0 bridgehead atoms. The topological polar surface area (TPSA) is 77.1 Å². The molecule has 0 saturated carbocycles. The summed E-state index contributed by atoms with van der Waals surface area (Å²) in [5.74, 6) is -0.295. The van der Waals surface area contributed by atoms with E-state index in [1.54, 1.807) is 18.2 Å². The van der Waals surface area contributed by atoms with Crippen LogP contribution in [0.4, 0.5) is 0 Å². The lowest BCUT2D eigenvalue weighted by Crippen LogP contribution is -2.33. The molecule has 4 aromatic rings. The molecule has 0 unspecified atom stereocenters. The third-order valence-electron chi connectivity index (χ3n) is 4.41. The van der Waals surface area contributed by atoms with Crippen LogP contribution in [0.5, 0.6) is 0 Å². The molecule has 0 saturated heterocycles. The number of fused-ring (bicyclic) bond motifs is 3. The van der Waals surface area contributed by atoms with Gasteiger partial charge < -0.3 is 9.73 Å². The zero-order valence-corrected chi connectivity index (χ0v) is 15.2. The highest BCUT2D eigenvalue weighted by molar-refractivity contribution is 6.30. The van der Waals surface area contributed by atoms with E-state index in [2.05, 4.69) is 10.3 Å². The molecule has 2 aromatic heterocycles. The van der Waals surface area contributed by atoms with Crippen molar-refractivity contribution in [2.24, 2.45) is 0 Å². The van der Waals surface area contributed by atoms with Crippen LogP contribution in [0.3, 0.4) is 0 Å². The van der Waals surface area contributed by atoms with Crippen molar-refractivity contribution in [3.8, 4) is 0 Å². The minimum atomic E-state index is -0.384. The molecule has 4 rings (SSSR count). The van der Waals surface area contributed by atoms with Crippen molar-refractivity contribution in [2.75, 3.05) is 0 Å². The molecule has 27 heavy (non-hydrogen) atoms. The number of para-hydroxylation sites is 1. The highest BCUT2D eigenvalue weighted by Crippen LogP contribution is 2.24. The standard InChI is InChI=1S/C20H16ClN3O3/c1-12(13-6-8-14(21)9-7-13)23-17(25)10-24-11-22-18-15-4-2-3-5-16(15)27-19(18)20(24)26/h2-9,11-12H,10H2,1H3,(H,23,25)/t12-/m0/s1. The number of nitrogens with one attached hydrogen (secondary N) is 1.